The van der Waals surface area contributed by atoms with Crippen molar-refractivity contribution in [2.24, 2.45) is 0 Å². The summed E-state index contributed by atoms with van der Waals surface area (Å²) in [5.74, 6) is 0.0838. The lowest BCUT2D eigenvalue weighted by Gasteiger charge is -2.35. The zero-order chi connectivity index (χ0) is 18.0. The van der Waals surface area contributed by atoms with Gasteiger partial charge in [-0.1, -0.05) is 18.2 Å². The smallest absolute Gasteiger partial charge is 0.276 e. The minimum atomic E-state index is -3.60. The molecule has 2 heterocycles. The van der Waals surface area contributed by atoms with E-state index in [0.29, 0.717) is 37.6 Å². The molecule has 1 aliphatic heterocycles. The van der Waals surface area contributed by atoms with Gasteiger partial charge in [0, 0.05) is 26.2 Å². The summed E-state index contributed by atoms with van der Waals surface area (Å²) in [7, 11) is -3.60. The van der Waals surface area contributed by atoms with Crippen molar-refractivity contribution in [3.8, 4) is 0 Å². The minimum absolute atomic E-state index is 0.0838. The van der Waals surface area contributed by atoms with Crippen molar-refractivity contribution in [3.63, 3.8) is 0 Å². The van der Waals surface area contributed by atoms with Crippen LogP contribution in [0.3, 0.4) is 0 Å². The lowest BCUT2D eigenvalue weighted by atomic mass is 10.2. The zero-order valence-electron chi connectivity index (χ0n) is 13.8. The zero-order valence-corrected chi connectivity index (χ0v) is 14.6. The van der Waals surface area contributed by atoms with Crippen molar-refractivity contribution in [1.29, 1.82) is 0 Å². The monoisotopic (exact) mass is 364 g/mol. The first-order valence-electron chi connectivity index (χ1n) is 7.80. The molecule has 2 aromatic rings. The van der Waals surface area contributed by atoms with E-state index in [1.54, 1.807) is 42.3 Å². The summed E-state index contributed by atoms with van der Waals surface area (Å²) in [6.07, 6.45) is 0. The molecular weight excluding hydrogens is 344 g/mol. The quantitative estimate of drug-likeness (QED) is 0.679. The summed E-state index contributed by atoms with van der Waals surface area (Å²) in [6, 6.07) is 8.20. The molecule has 10 heteroatoms. The van der Waals surface area contributed by atoms with Crippen molar-refractivity contribution in [3.05, 3.63) is 46.4 Å². The third-order valence-corrected chi connectivity index (χ3v) is 5.38. The van der Waals surface area contributed by atoms with E-state index in [4.69, 9.17) is 5.73 Å². The Morgan fingerprint density at radius 3 is 2.40 bits per heavy atom. The molecule has 3 rings (SSSR count). The number of benzene rings is 1. The van der Waals surface area contributed by atoms with E-state index in [0.717, 1.165) is 0 Å². The summed E-state index contributed by atoms with van der Waals surface area (Å²) in [6.45, 7) is 3.59. The van der Waals surface area contributed by atoms with Gasteiger partial charge >= 0.3 is 0 Å². The largest absolute Gasteiger partial charge is 0.369 e. The predicted molar refractivity (Wildman–Crippen MR) is 94.6 cm³/mol. The maximum absolute atomic E-state index is 12.4. The van der Waals surface area contributed by atoms with Gasteiger partial charge < -0.3 is 10.6 Å². The van der Waals surface area contributed by atoms with Gasteiger partial charge in [-0.25, -0.2) is 18.4 Å². The summed E-state index contributed by atoms with van der Waals surface area (Å²) in [4.78, 5) is 23.4. The molecule has 0 radical (unpaired) electrons. The molecule has 25 heavy (non-hydrogen) atoms. The fourth-order valence-corrected chi connectivity index (χ4v) is 3.96. The average Bonchev–Trinajstić information content (AvgIpc) is 2.56. The number of anilines is 2. The first kappa shape index (κ1) is 17.4. The van der Waals surface area contributed by atoms with Crippen LogP contribution in [0.4, 0.5) is 11.6 Å². The predicted octanol–water partition coefficient (Wildman–Crippen LogP) is -0.324. The number of nitrogens with zero attached hydrogens (tertiary/aromatic N) is 3. The van der Waals surface area contributed by atoms with Gasteiger partial charge in [0.05, 0.1) is 10.6 Å². The van der Waals surface area contributed by atoms with E-state index in [9.17, 15) is 13.2 Å². The highest BCUT2D eigenvalue weighted by Crippen LogP contribution is 2.16. The van der Waals surface area contributed by atoms with Crippen LogP contribution in [-0.2, 0) is 10.0 Å². The molecule has 0 spiro atoms. The minimum Gasteiger partial charge on any atom is -0.369 e. The fourth-order valence-electron chi connectivity index (χ4n) is 2.82. The Balaban J connectivity index is 1.68. The molecule has 0 atom stereocenters. The number of rotatable bonds is 4. The number of H-pyrrole nitrogens is 1. The van der Waals surface area contributed by atoms with Crippen molar-refractivity contribution in [2.75, 3.05) is 36.8 Å². The van der Waals surface area contributed by atoms with Crippen molar-refractivity contribution in [1.82, 2.24) is 19.8 Å². The Bertz CT molecular complexity index is 905. The number of nitrogens with one attached hydrogen (secondary N) is 2. The van der Waals surface area contributed by atoms with Crippen molar-refractivity contribution in [2.45, 2.75) is 11.8 Å². The number of nitrogen functional groups attached to an aromatic ring is 1. The van der Waals surface area contributed by atoms with E-state index in [2.05, 4.69) is 14.8 Å². The van der Waals surface area contributed by atoms with Gasteiger partial charge in [-0.05, 0) is 19.1 Å². The third kappa shape index (κ3) is 3.81. The molecule has 1 fully saturated rings. The van der Waals surface area contributed by atoms with Crippen LogP contribution in [-0.4, -0.2) is 49.6 Å². The summed E-state index contributed by atoms with van der Waals surface area (Å²) in [5.41, 5.74) is 6.27. The Morgan fingerprint density at radius 2 is 1.80 bits per heavy atom. The summed E-state index contributed by atoms with van der Waals surface area (Å²) < 4.78 is 24.7. The number of aromatic amines is 1. The lowest BCUT2D eigenvalue weighted by Crippen LogP contribution is -2.54. The third-order valence-electron chi connectivity index (χ3n) is 3.99. The number of hydrazine groups is 1. The van der Waals surface area contributed by atoms with Gasteiger partial charge in [-0.15, -0.1) is 4.83 Å². The molecule has 0 saturated carbocycles. The number of piperazine rings is 1. The summed E-state index contributed by atoms with van der Waals surface area (Å²) >= 11 is 0. The van der Waals surface area contributed by atoms with Crippen LogP contribution in [0, 0.1) is 6.92 Å². The van der Waals surface area contributed by atoms with Crippen LogP contribution < -0.4 is 21.0 Å². The Hall–Kier alpha value is -2.43. The Kier molecular flexibility index (Phi) is 4.75. The fraction of sp³-hybridized carbons (Fsp3) is 0.333. The van der Waals surface area contributed by atoms with Gasteiger partial charge in [0.1, 0.15) is 5.69 Å². The van der Waals surface area contributed by atoms with Gasteiger partial charge in [-0.3, -0.25) is 9.78 Å². The molecular formula is C15H20N6O3S. The summed E-state index contributed by atoms with van der Waals surface area (Å²) in [5, 5.41) is 1.63. The Morgan fingerprint density at radius 1 is 1.16 bits per heavy atom. The van der Waals surface area contributed by atoms with Crippen molar-refractivity contribution >= 4 is 21.7 Å². The molecule has 1 aromatic carbocycles. The van der Waals surface area contributed by atoms with Crippen LogP contribution in [0.25, 0.3) is 0 Å². The van der Waals surface area contributed by atoms with Gasteiger partial charge in [0.2, 0.25) is 5.95 Å². The first-order chi connectivity index (χ1) is 11.9. The van der Waals surface area contributed by atoms with E-state index in [1.807, 2.05) is 4.90 Å². The molecule has 1 aromatic heterocycles. The number of hydrogen-bond donors (Lipinski definition) is 3. The number of hydrogen-bond acceptors (Lipinski definition) is 7. The number of sulfonamides is 1. The van der Waals surface area contributed by atoms with Crippen LogP contribution in [0.5, 0.6) is 0 Å². The number of aryl methyl sites for hydroxylation is 1. The lowest BCUT2D eigenvalue weighted by molar-refractivity contribution is 0.226. The molecule has 0 aliphatic carbocycles. The second kappa shape index (κ2) is 6.82. The Labute approximate surface area is 145 Å². The van der Waals surface area contributed by atoms with Crippen LogP contribution >= 0.6 is 0 Å². The second-order valence-electron chi connectivity index (χ2n) is 5.77. The highest BCUT2D eigenvalue weighted by molar-refractivity contribution is 7.89. The molecule has 1 saturated heterocycles. The van der Waals surface area contributed by atoms with E-state index < -0.39 is 10.0 Å². The van der Waals surface area contributed by atoms with Crippen molar-refractivity contribution < 1.29 is 8.42 Å². The first-order valence-corrected chi connectivity index (χ1v) is 9.29. The van der Waals surface area contributed by atoms with Crippen LogP contribution in [0.1, 0.15) is 5.69 Å². The molecule has 134 valence electrons. The molecule has 0 bridgehead atoms. The van der Waals surface area contributed by atoms with E-state index in [1.165, 1.54) is 0 Å². The molecule has 1 aliphatic rings. The normalized spacial score (nSPS) is 16.1. The van der Waals surface area contributed by atoms with Gasteiger partial charge in [-0.2, -0.15) is 0 Å². The topological polar surface area (TPSA) is 124 Å². The van der Waals surface area contributed by atoms with Gasteiger partial charge in [0.25, 0.3) is 15.6 Å². The van der Waals surface area contributed by atoms with Crippen LogP contribution in [0.15, 0.2) is 40.0 Å². The van der Waals surface area contributed by atoms with E-state index >= 15 is 0 Å². The van der Waals surface area contributed by atoms with Crippen LogP contribution in [0.2, 0.25) is 0 Å². The second-order valence-corrected chi connectivity index (χ2v) is 7.43. The number of aromatic nitrogens is 2. The molecule has 4 N–H and O–H groups in total. The highest BCUT2D eigenvalue weighted by atomic mass is 32.2. The maximum atomic E-state index is 12.4. The van der Waals surface area contributed by atoms with E-state index in [-0.39, 0.29) is 16.4 Å². The highest BCUT2D eigenvalue weighted by Gasteiger charge is 2.25. The SMILES string of the molecule is Cc1nc(N)[nH]c(=O)c1N1CCN(NS(=O)(=O)c2ccccc2)CC1. The average molecular weight is 364 g/mol. The number of nitrogens with two attached hydrogens (primary N) is 1. The molecule has 0 amide bonds. The maximum Gasteiger partial charge on any atom is 0.276 e. The standard InChI is InChI=1S/C15H20N6O3S/c1-11-13(14(22)18-15(16)17-11)20-7-9-21(10-8-20)19-25(23,24)12-5-3-2-4-6-12/h2-6,19H,7-10H2,1H3,(H3,16,17,18,22). The molecule has 9 nitrogen and oxygen atoms in total. The molecule has 0 unspecified atom stereocenters. The van der Waals surface area contributed by atoms with Gasteiger partial charge in [0.15, 0.2) is 0 Å².